The fraction of sp³-hybridized carbons (Fsp3) is 0.462. The van der Waals surface area contributed by atoms with Gasteiger partial charge in [-0.3, -0.25) is 14.3 Å². The number of nitrogens with zero attached hydrogens (tertiary/aromatic N) is 6. The van der Waals surface area contributed by atoms with E-state index < -0.39 is 11.7 Å². The summed E-state index contributed by atoms with van der Waals surface area (Å²) < 4.78 is 41.0. The van der Waals surface area contributed by atoms with E-state index in [-0.39, 0.29) is 5.56 Å². The molecule has 2 aromatic carbocycles. The third kappa shape index (κ3) is 5.88. The average molecular weight is 503 g/mol. The average Bonchev–Trinajstić information content (AvgIpc) is 2.83. The van der Waals surface area contributed by atoms with Gasteiger partial charge in [-0.15, -0.1) is 0 Å². The lowest BCUT2D eigenvalue weighted by atomic mass is 10.1. The number of halogens is 3. The quantitative estimate of drug-likeness (QED) is 0.495. The molecule has 1 saturated heterocycles. The number of alkyl halides is 3. The minimum Gasteiger partial charge on any atom is -0.373 e. The van der Waals surface area contributed by atoms with Gasteiger partial charge in [0.05, 0.1) is 28.7 Å². The van der Waals surface area contributed by atoms with E-state index in [4.69, 9.17) is 4.98 Å². The van der Waals surface area contributed by atoms with E-state index in [1.54, 1.807) is 0 Å². The Labute approximate surface area is 209 Å². The van der Waals surface area contributed by atoms with Gasteiger partial charge in [0.15, 0.2) is 0 Å². The normalized spacial score (nSPS) is 15.7. The number of aromatic nitrogens is 2. The summed E-state index contributed by atoms with van der Waals surface area (Å²) in [6, 6.07) is 10.3. The zero-order chi connectivity index (χ0) is 26.0. The molecule has 0 radical (unpaired) electrons. The number of piperazine rings is 1. The van der Waals surface area contributed by atoms with Crippen LogP contribution >= 0.6 is 0 Å². The molecule has 0 aliphatic carbocycles. The van der Waals surface area contributed by atoms with Crippen LogP contribution in [0.3, 0.4) is 0 Å². The molecule has 1 aliphatic heterocycles. The van der Waals surface area contributed by atoms with Crippen molar-refractivity contribution < 1.29 is 13.2 Å². The molecule has 2 heterocycles. The van der Waals surface area contributed by atoms with Gasteiger partial charge in [-0.25, -0.2) is 4.98 Å². The summed E-state index contributed by atoms with van der Waals surface area (Å²) in [7, 11) is 8.04. The lowest BCUT2D eigenvalue weighted by Crippen LogP contribution is -2.44. The second-order valence-corrected chi connectivity index (χ2v) is 9.72. The van der Waals surface area contributed by atoms with Crippen LogP contribution in [0.25, 0.3) is 16.6 Å². The molecular formula is C26H33F3N6O. The van der Waals surface area contributed by atoms with Gasteiger partial charge >= 0.3 is 6.18 Å². The maximum atomic E-state index is 13.8. The number of fused-ring (bicyclic) bond motifs is 1. The monoisotopic (exact) mass is 502 g/mol. The Bertz CT molecular complexity index is 1250. The van der Waals surface area contributed by atoms with Crippen molar-refractivity contribution in [2.75, 3.05) is 72.4 Å². The van der Waals surface area contributed by atoms with E-state index in [9.17, 15) is 18.0 Å². The van der Waals surface area contributed by atoms with Gasteiger partial charge in [0, 0.05) is 52.0 Å². The van der Waals surface area contributed by atoms with E-state index in [0.717, 1.165) is 57.1 Å². The van der Waals surface area contributed by atoms with E-state index in [1.807, 2.05) is 39.3 Å². The molecule has 4 rings (SSSR count). The van der Waals surface area contributed by atoms with Crippen molar-refractivity contribution >= 4 is 16.6 Å². The number of benzene rings is 2. The topological polar surface area (TPSA) is 47.9 Å². The molecule has 0 unspecified atom stereocenters. The molecule has 3 aromatic rings. The van der Waals surface area contributed by atoms with Crippen LogP contribution in [0.5, 0.6) is 0 Å². The maximum absolute atomic E-state index is 13.8. The number of hydrogen-bond donors (Lipinski definition) is 0. The summed E-state index contributed by atoms with van der Waals surface area (Å²) in [5.41, 5.74) is 0.800. The first-order chi connectivity index (χ1) is 17.0. The first kappa shape index (κ1) is 26.1. The standard InChI is InChI=1S/C26H33F3N6O/c1-31(2)11-14-33(4)21-9-10-23-22(17-21)25(36)35(20-7-5-19(6-8-20)26(27,28)29)24(30-23)18-34-15-12-32(3)13-16-34/h5-10,17H,11-16,18H2,1-4H3. The molecule has 0 N–H and O–H groups in total. The summed E-state index contributed by atoms with van der Waals surface area (Å²) in [4.78, 5) is 27.3. The van der Waals surface area contributed by atoms with Crippen molar-refractivity contribution in [1.29, 1.82) is 0 Å². The molecule has 1 aliphatic rings. The van der Waals surface area contributed by atoms with Crippen molar-refractivity contribution in [3.63, 3.8) is 0 Å². The molecule has 0 atom stereocenters. The highest BCUT2D eigenvalue weighted by Crippen LogP contribution is 2.30. The van der Waals surface area contributed by atoms with Crippen LogP contribution in [0.4, 0.5) is 18.9 Å². The molecule has 1 aromatic heterocycles. The van der Waals surface area contributed by atoms with Crippen LogP contribution in [0.2, 0.25) is 0 Å². The van der Waals surface area contributed by atoms with Crippen molar-refractivity contribution in [1.82, 2.24) is 24.3 Å². The Morgan fingerprint density at radius 1 is 0.944 bits per heavy atom. The Kier molecular flexibility index (Phi) is 7.67. The van der Waals surface area contributed by atoms with Crippen LogP contribution in [-0.4, -0.2) is 91.7 Å². The third-order valence-electron chi connectivity index (χ3n) is 6.66. The van der Waals surface area contributed by atoms with Gasteiger partial charge in [-0.1, -0.05) is 0 Å². The van der Waals surface area contributed by atoms with Crippen LogP contribution in [-0.2, 0) is 12.7 Å². The largest absolute Gasteiger partial charge is 0.416 e. The van der Waals surface area contributed by atoms with Crippen molar-refractivity contribution in [2.45, 2.75) is 12.7 Å². The van der Waals surface area contributed by atoms with Gasteiger partial charge in [0.2, 0.25) is 0 Å². The smallest absolute Gasteiger partial charge is 0.373 e. The molecule has 36 heavy (non-hydrogen) atoms. The predicted molar refractivity (Wildman–Crippen MR) is 137 cm³/mol. The minimum absolute atomic E-state index is 0.285. The highest BCUT2D eigenvalue weighted by atomic mass is 19.4. The molecule has 0 amide bonds. The number of rotatable bonds is 7. The van der Waals surface area contributed by atoms with Gasteiger partial charge in [0.1, 0.15) is 5.82 Å². The molecule has 1 fully saturated rings. The van der Waals surface area contributed by atoms with Gasteiger partial charge < -0.3 is 14.7 Å². The molecular weight excluding hydrogens is 469 g/mol. The number of likely N-dealkylation sites (N-methyl/N-ethyl adjacent to an activating group) is 3. The Balaban J connectivity index is 1.79. The summed E-state index contributed by atoms with van der Waals surface area (Å²) in [6.07, 6.45) is -4.44. The first-order valence-electron chi connectivity index (χ1n) is 12.0. The molecule has 194 valence electrons. The Morgan fingerprint density at radius 3 is 2.22 bits per heavy atom. The zero-order valence-electron chi connectivity index (χ0n) is 21.2. The lowest BCUT2D eigenvalue weighted by Gasteiger charge is -2.32. The molecule has 0 bridgehead atoms. The second kappa shape index (κ2) is 10.6. The Morgan fingerprint density at radius 2 is 1.61 bits per heavy atom. The lowest BCUT2D eigenvalue weighted by molar-refractivity contribution is -0.137. The molecule has 0 spiro atoms. The fourth-order valence-corrected chi connectivity index (χ4v) is 4.31. The fourth-order valence-electron chi connectivity index (χ4n) is 4.31. The van der Waals surface area contributed by atoms with Gasteiger partial charge in [0.25, 0.3) is 5.56 Å². The summed E-state index contributed by atoms with van der Waals surface area (Å²) in [5.74, 6) is 0.519. The van der Waals surface area contributed by atoms with Crippen LogP contribution in [0, 0.1) is 0 Å². The van der Waals surface area contributed by atoms with E-state index >= 15 is 0 Å². The SMILES string of the molecule is CN(C)CCN(C)c1ccc2nc(CN3CCN(C)CC3)n(-c3ccc(C(F)(F)F)cc3)c(=O)c2c1. The summed E-state index contributed by atoms with van der Waals surface area (Å²) >= 11 is 0. The van der Waals surface area contributed by atoms with Gasteiger partial charge in [-0.05, 0) is 63.6 Å². The molecule has 10 heteroatoms. The van der Waals surface area contributed by atoms with Crippen LogP contribution in [0.15, 0.2) is 47.3 Å². The highest BCUT2D eigenvalue weighted by molar-refractivity contribution is 5.82. The van der Waals surface area contributed by atoms with Crippen LogP contribution in [0.1, 0.15) is 11.4 Å². The third-order valence-corrected chi connectivity index (χ3v) is 6.66. The van der Waals surface area contributed by atoms with Gasteiger partial charge in [-0.2, -0.15) is 13.2 Å². The maximum Gasteiger partial charge on any atom is 0.416 e. The van der Waals surface area contributed by atoms with Crippen molar-refractivity contribution in [3.8, 4) is 5.69 Å². The molecule has 7 nitrogen and oxygen atoms in total. The van der Waals surface area contributed by atoms with Crippen LogP contribution < -0.4 is 10.5 Å². The number of anilines is 1. The second-order valence-electron chi connectivity index (χ2n) is 9.72. The summed E-state index contributed by atoms with van der Waals surface area (Å²) in [6.45, 7) is 5.53. The first-order valence-corrected chi connectivity index (χ1v) is 12.0. The van der Waals surface area contributed by atoms with E-state index in [2.05, 4.69) is 26.6 Å². The highest BCUT2D eigenvalue weighted by Gasteiger charge is 2.30. The van der Waals surface area contributed by atoms with Crippen molar-refractivity contribution in [3.05, 3.63) is 64.2 Å². The number of hydrogen-bond acceptors (Lipinski definition) is 6. The van der Waals surface area contributed by atoms with E-state index in [0.29, 0.717) is 29.0 Å². The van der Waals surface area contributed by atoms with E-state index in [1.165, 1.54) is 16.7 Å². The predicted octanol–water partition coefficient (Wildman–Crippen LogP) is 3.15. The zero-order valence-corrected chi connectivity index (χ0v) is 21.2. The minimum atomic E-state index is -4.44. The Hall–Kier alpha value is -2.95. The summed E-state index contributed by atoms with van der Waals surface area (Å²) in [5, 5.41) is 0.436. The van der Waals surface area contributed by atoms with Crippen molar-refractivity contribution in [2.24, 2.45) is 0 Å². The molecule has 0 saturated carbocycles.